The molecule has 5 heteroatoms. The average molecular weight is 294 g/mol. The first-order valence-electron chi connectivity index (χ1n) is 7.21. The molecule has 21 heavy (non-hydrogen) atoms. The minimum Gasteiger partial charge on any atom is -0.496 e. The van der Waals surface area contributed by atoms with Gasteiger partial charge in [0.25, 0.3) is 0 Å². The maximum atomic E-state index is 12.0. The third-order valence-corrected chi connectivity index (χ3v) is 3.70. The van der Waals surface area contributed by atoms with E-state index < -0.39 is 0 Å². The lowest BCUT2D eigenvalue weighted by Gasteiger charge is -2.22. The van der Waals surface area contributed by atoms with E-state index in [1.807, 2.05) is 45.9 Å². The number of hydrogen-bond acceptors (Lipinski definition) is 3. The van der Waals surface area contributed by atoms with Gasteiger partial charge in [-0.1, -0.05) is 24.6 Å². The van der Waals surface area contributed by atoms with Crippen molar-refractivity contribution in [3.63, 3.8) is 0 Å². The molecule has 0 saturated carbocycles. The number of ether oxygens (including phenoxy) is 1. The van der Waals surface area contributed by atoms with Crippen LogP contribution in [-0.2, 0) is 0 Å². The van der Waals surface area contributed by atoms with E-state index in [4.69, 9.17) is 9.84 Å². The molecule has 3 N–H and O–H groups in total. The van der Waals surface area contributed by atoms with E-state index in [9.17, 15) is 4.79 Å². The first-order chi connectivity index (χ1) is 9.88. The summed E-state index contributed by atoms with van der Waals surface area (Å²) in [6, 6.07) is 5.36. The SMILES string of the molecule is COc1ccc(C)cc1C(C)NC(=O)NC(C)C(C)CO. The quantitative estimate of drug-likeness (QED) is 0.754. The summed E-state index contributed by atoms with van der Waals surface area (Å²) in [5.41, 5.74) is 2.05. The fraction of sp³-hybridized carbons (Fsp3) is 0.562. The normalized spacial score (nSPS) is 15.0. The summed E-state index contributed by atoms with van der Waals surface area (Å²) < 4.78 is 5.33. The zero-order valence-electron chi connectivity index (χ0n) is 13.4. The summed E-state index contributed by atoms with van der Waals surface area (Å²) in [5.74, 6) is 0.768. The van der Waals surface area contributed by atoms with Crippen LogP contribution in [0.25, 0.3) is 0 Å². The molecule has 0 fully saturated rings. The Morgan fingerprint density at radius 1 is 1.29 bits per heavy atom. The Bertz CT molecular complexity index is 477. The molecule has 0 aliphatic heterocycles. The molecular formula is C16H26N2O3. The van der Waals surface area contributed by atoms with Crippen molar-refractivity contribution >= 4 is 6.03 Å². The van der Waals surface area contributed by atoms with Crippen molar-refractivity contribution in [2.75, 3.05) is 13.7 Å². The fourth-order valence-corrected chi connectivity index (χ4v) is 2.02. The second-order valence-electron chi connectivity index (χ2n) is 5.53. The molecule has 1 rings (SSSR count). The van der Waals surface area contributed by atoms with Gasteiger partial charge in [0.2, 0.25) is 0 Å². The van der Waals surface area contributed by atoms with Crippen LogP contribution in [-0.4, -0.2) is 30.9 Å². The number of amides is 2. The molecule has 0 spiro atoms. The van der Waals surface area contributed by atoms with E-state index in [2.05, 4.69) is 10.6 Å². The minimum atomic E-state index is -0.251. The van der Waals surface area contributed by atoms with Crippen LogP contribution < -0.4 is 15.4 Å². The van der Waals surface area contributed by atoms with Crippen LogP contribution in [0.4, 0.5) is 4.79 Å². The van der Waals surface area contributed by atoms with Gasteiger partial charge < -0.3 is 20.5 Å². The third-order valence-electron chi connectivity index (χ3n) is 3.70. The first-order valence-corrected chi connectivity index (χ1v) is 7.21. The van der Waals surface area contributed by atoms with Crippen molar-refractivity contribution in [3.05, 3.63) is 29.3 Å². The van der Waals surface area contributed by atoms with Gasteiger partial charge >= 0.3 is 6.03 Å². The Morgan fingerprint density at radius 2 is 1.95 bits per heavy atom. The molecule has 0 aliphatic carbocycles. The van der Waals surface area contributed by atoms with Crippen molar-refractivity contribution in [1.82, 2.24) is 10.6 Å². The van der Waals surface area contributed by atoms with Crippen molar-refractivity contribution in [3.8, 4) is 5.75 Å². The van der Waals surface area contributed by atoms with Gasteiger partial charge in [-0.05, 0) is 32.8 Å². The number of urea groups is 1. The molecule has 0 heterocycles. The van der Waals surface area contributed by atoms with Crippen LogP contribution in [0, 0.1) is 12.8 Å². The topological polar surface area (TPSA) is 70.6 Å². The van der Waals surface area contributed by atoms with Crippen molar-refractivity contribution in [2.45, 2.75) is 39.8 Å². The molecule has 3 atom stereocenters. The van der Waals surface area contributed by atoms with Gasteiger partial charge in [-0.15, -0.1) is 0 Å². The van der Waals surface area contributed by atoms with E-state index in [1.165, 1.54) is 0 Å². The number of benzene rings is 1. The van der Waals surface area contributed by atoms with Gasteiger partial charge in [0.1, 0.15) is 5.75 Å². The number of carbonyl (C=O) groups is 1. The molecule has 2 amide bonds. The summed E-state index contributed by atoms with van der Waals surface area (Å²) >= 11 is 0. The average Bonchev–Trinajstić information content (AvgIpc) is 2.45. The predicted octanol–water partition coefficient (Wildman–Crippen LogP) is 2.38. The van der Waals surface area contributed by atoms with E-state index in [-0.39, 0.29) is 30.6 Å². The Balaban J connectivity index is 2.70. The first kappa shape index (κ1) is 17.3. The molecule has 3 unspecified atom stereocenters. The molecular weight excluding hydrogens is 268 g/mol. The van der Waals surface area contributed by atoms with Crippen LogP contribution in [0.15, 0.2) is 18.2 Å². The largest absolute Gasteiger partial charge is 0.496 e. The Hall–Kier alpha value is -1.75. The van der Waals surface area contributed by atoms with E-state index in [1.54, 1.807) is 7.11 Å². The van der Waals surface area contributed by atoms with Crippen molar-refractivity contribution in [2.24, 2.45) is 5.92 Å². The highest BCUT2D eigenvalue weighted by atomic mass is 16.5. The number of rotatable bonds is 6. The van der Waals surface area contributed by atoms with E-state index in [0.29, 0.717) is 0 Å². The molecule has 0 aliphatic rings. The zero-order chi connectivity index (χ0) is 16.0. The number of hydrogen-bond donors (Lipinski definition) is 3. The van der Waals surface area contributed by atoms with Crippen LogP contribution in [0.2, 0.25) is 0 Å². The number of aliphatic hydroxyl groups is 1. The van der Waals surface area contributed by atoms with Crippen molar-refractivity contribution < 1.29 is 14.6 Å². The van der Waals surface area contributed by atoms with Crippen LogP contribution in [0.3, 0.4) is 0 Å². The molecule has 0 aromatic heterocycles. The highest BCUT2D eigenvalue weighted by Gasteiger charge is 2.17. The van der Waals surface area contributed by atoms with Crippen molar-refractivity contribution in [1.29, 1.82) is 0 Å². The number of nitrogens with one attached hydrogen (secondary N) is 2. The lowest BCUT2D eigenvalue weighted by atomic mass is 10.0. The van der Waals surface area contributed by atoms with E-state index in [0.717, 1.165) is 16.9 Å². The van der Waals surface area contributed by atoms with Gasteiger partial charge in [-0.3, -0.25) is 0 Å². The standard InChI is InChI=1S/C16H26N2O3/c1-10-6-7-15(21-5)14(8-10)13(4)18-16(20)17-12(3)11(2)9-19/h6-8,11-13,19H,9H2,1-5H3,(H2,17,18,20). The minimum absolute atomic E-state index is 0.0135. The maximum absolute atomic E-state index is 12.0. The van der Waals surface area contributed by atoms with Gasteiger partial charge in [0, 0.05) is 18.2 Å². The Morgan fingerprint density at radius 3 is 2.52 bits per heavy atom. The molecule has 5 nitrogen and oxygen atoms in total. The Kier molecular flexibility index (Phi) is 6.49. The second-order valence-corrected chi connectivity index (χ2v) is 5.53. The predicted molar refractivity (Wildman–Crippen MR) is 83.5 cm³/mol. The zero-order valence-corrected chi connectivity index (χ0v) is 13.4. The highest BCUT2D eigenvalue weighted by molar-refractivity contribution is 5.74. The smallest absolute Gasteiger partial charge is 0.315 e. The van der Waals surface area contributed by atoms with Gasteiger partial charge in [0.05, 0.1) is 13.2 Å². The third kappa shape index (κ3) is 4.93. The Labute approximate surface area is 126 Å². The number of methoxy groups -OCH3 is 1. The molecule has 1 aromatic rings. The van der Waals surface area contributed by atoms with Gasteiger partial charge in [-0.25, -0.2) is 4.79 Å². The number of aryl methyl sites for hydroxylation is 1. The molecule has 118 valence electrons. The maximum Gasteiger partial charge on any atom is 0.315 e. The lowest BCUT2D eigenvalue weighted by Crippen LogP contribution is -2.45. The van der Waals surface area contributed by atoms with Crippen LogP contribution >= 0.6 is 0 Å². The van der Waals surface area contributed by atoms with Gasteiger partial charge in [0.15, 0.2) is 0 Å². The molecule has 0 bridgehead atoms. The fourth-order valence-electron chi connectivity index (χ4n) is 2.02. The van der Waals surface area contributed by atoms with Crippen LogP contribution in [0.1, 0.15) is 37.9 Å². The lowest BCUT2D eigenvalue weighted by molar-refractivity contribution is 0.199. The van der Waals surface area contributed by atoms with E-state index >= 15 is 0 Å². The number of aliphatic hydroxyl groups excluding tert-OH is 1. The molecule has 1 aromatic carbocycles. The van der Waals surface area contributed by atoms with Crippen LogP contribution in [0.5, 0.6) is 5.75 Å². The number of carbonyl (C=O) groups excluding carboxylic acids is 1. The second kappa shape index (κ2) is 7.88. The highest BCUT2D eigenvalue weighted by Crippen LogP contribution is 2.25. The summed E-state index contributed by atoms with van der Waals surface area (Å²) in [6.07, 6.45) is 0. The molecule has 0 radical (unpaired) electrons. The van der Waals surface area contributed by atoms with Gasteiger partial charge in [-0.2, -0.15) is 0 Å². The summed E-state index contributed by atoms with van der Waals surface area (Å²) in [7, 11) is 1.62. The summed E-state index contributed by atoms with van der Waals surface area (Å²) in [4.78, 5) is 12.0. The summed E-state index contributed by atoms with van der Waals surface area (Å²) in [5, 5.41) is 14.8. The summed E-state index contributed by atoms with van der Waals surface area (Å²) in [6.45, 7) is 7.72. The monoisotopic (exact) mass is 294 g/mol. The molecule has 0 saturated heterocycles.